The second-order valence-electron chi connectivity index (χ2n) is 4.06. The van der Waals surface area contributed by atoms with Crippen molar-refractivity contribution < 1.29 is 9.47 Å². The van der Waals surface area contributed by atoms with E-state index in [1.165, 1.54) is 0 Å². The van der Waals surface area contributed by atoms with E-state index in [2.05, 4.69) is 10.4 Å². The quantitative estimate of drug-likeness (QED) is 0.316. The summed E-state index contributed by atoms with van der Waals surface area (Å²) in [5.41, 5.74) is 0.802. The van der Waals surface area contributed by atoms with Gasteiger partial charge in [0.15, 0.2) is 5.84 Å². The van der Waals surface area contributed by atoms with Crippen LogP contribution < -0.4 is 25.5 Å². The number of rotatable bonds is 6. The maximum atomic E-state index is 8.02. The minimum atomic E-state index is 0.155. The lowest BCUT2D eigenvalue weighted by atomic mass is 10.2. The van der Waals surface area contributed by atoms with Crippen LogP contribution in [0.25, 0.3) is 0 Å². The molecule has 7 heteroatoms. The number of hydrogen-bond acceptors (Lipinski definition) is 6. The van der Waals surface area contributed by atoms with Crippen molar-refractivity contribution in [3.8, 4) is 11.5 Å². The summed E-state index contributed by atoms with van der Waals surface area (Å²) in [6.45, 7) is 0. The molecule has 0 unspecified atom stereocenters. The third kappa shape index (κ3) is 3.65. The first-order valence-corrected chi connectivity index (χ1v) is 6.26. The van der Waals surface area contributed by atoms with Gasteiger partial charge in [0.1, 0.15) is 22.9 Å². The average Bonchev–Trinajstić information content (AvgIpc) is 2.52. The lowest BCUT2D eigenvalue weighted by Gasteiger charge is -2.24. The molecule has 0 heterocycles. The van der Waals surface area contributed by atoms with Gasteiger partial charge in [-0.2, -0.15) is 5.10 Å². The third-order valence-corrected chi connectivity index (χ3v) is 2.83. The molecule has 0 saturated carbocycles. The normalized spacial score (nSPS) is 11.3. The Morgan fingerprint density at radius 1 is 1.33 bits per heavy atom. The van der Waals surface area contributed by atoms with Gasteiger partial charge in [-0.25, -0.2) is 0 Å². The Balaban J connectivity index is 3.26. The van der Waals surface area contributed by atoms with Crippen molar-refractivity contribution in [1.29, 1.82) is 5.41 Å². The Hall–Kier alpha value is -2.70. The highest BCUT2D eigenvalue weighted by atomic mass is 16.5. The van der Waals surface area contributed by atoms with Crippen LogP contribution in [0.2, 0.25) is 0 Å². The largest absolute Gasteiger partial charge is 0.494 e. The lowest BCUT2D eigenvalue weighted by molar-refractivity contribution is 0.396. The molecule has 1 aromatic carbocycles. The number of para-hydroxylation sites is 1. The minimum Gasteiger partial charge on any atom is -0.494 e. The summed E-state index contributed by atoms with van der Waals surface area (Å²) < 4.78 is 10.7. The van der Waals surface area contributed by atoms with Gasteiger partial charge >= 0.3 is 0 Å². The Morgan fingerprint density at radius 2 is 1.90 bits per heavy atom. The Morgan fingerprint density at radius 3 is 2.33 bits per heavy atom. The van der Waals surface area contributed by atoms with Gasteiger partial charge in [0.25, 0.3) is 0 Å². The first kappa shape index (κ1) is 16.4. The summed E-state index contributed by atoms with van der Waals surface area (Å²) >= 11 is 0. The van der Waals surface area contributed by atoms with Crippen LogP contribution in [0.3, 0.4) is 0 Å². The van der Waals surface area contributed by atoms with Crippen LogP contribution in [0, 0.1) is 5.41 Å². The average molecular weight is 291 g/mol. The van der Waals surface area contributed by atoms with Gasteiger partial charge in [0, 0.05) is 14.1 Å². The topological polar surface area (TPSA) is 96.0 Å². The Bertz CT molecular complexity index is 532. The number of ether oxygens (including phenoxy) is 2. The number of hydrogen-bond donors (Lipinski definition) is 3. The monoisotopic (exact) mass is 291 g/mol. The van der Waals surface area contributed by atoms with Crippen molar-refractivity contribution in [2.75, 3.05) is 33.2 Å². The fourth-order valence-electron chi connectivity index (χ4n) is 1.85. The van der Waals surface area contributed by atoms with E-state index in [0.29, 0.717) is 17.2 Å². The van der Waals surface area contributed by atoms with E-state index >= 15 is 0 Å². The van der Waals surface area contributed by atoms with E-state index in [1.807, 2.05) is 6.07 Å². The zero-order valence-corrected chi connectivity index (χ0v) is 12.7. The second kappa shape index (κ2) is 7.78. The molecule has 0 saturated heterocycles. The summed E-state index contributed by atoms with van der Waals surface area (Å²) in [5, 5.41) is 14.5. The van der Waals surface area contributed by atoms with E-state index in [0.717, 1.165) is 0 Å². The molecule has 21 heavy (non-hydrogen) atoms. The van der Waals surface area contributed by atoms with Gasteiger partial charge in [0.2, 0.25) is 0 Å². The fraction of sp³-hybridized carbons (Fsp3) is 0.286. The van der Waals surface area contributed by atoms with Gasteiger partial charge in [0.05, 0.1) is 14.2 Å². The highest BCUT2D eigenvalue weighted by Crippen LogP contribution is 2.37. The number of benzene rings is 1. The molecule has 4 N–H and O–H groups in total. The number of anilines is 1. The predicted molar refractivity (Wildman–Crippen MR) is 85.5 cm³/mol. The van der Waals surface area contributed by atoms with Crippen LogP contribution in [0.15, 0.2) is 35.6 Å². The maximum absolute atomic E-state index is 8.02. The molecule has 0 aliphatic rings. The molecule has 114 valence electrons. The summed E-state index contributed by atoms with van der Waals surface area (Å²) in [6.07, 6.45) is 3.19. The van der Waals surface area contributed by atoms with Crippen LogP contribution in [0.4, 0.5) is 5.69 Å². The van der Waals surface area contributed by atoms with Crippen LogP contribution in [-0.2, 0) is 0 Å². The molecule has 0 aliphatic heterocycles. The zero-order chi connectivity index (χ0) is 15.8. The molecule has 0 aromatic heterocycles. The van der Waals surface area contributed by atoms with Gasteiger partial charge in [-0.15, -0.1) is 0 Å². The molecule has 0 atom stereocenters. The maximum Gasteiger partial charge on any atom is 0.177 e. The highest BCUT2D eigenvalue weighted by Gasteiger charge is 2.20. The molecule has 0 aliphatic carbocycles. The third-order valence-electron chi connectivity index (χ3n) is 2.83. The SMILES string of the molecule is CN/C=C\C(=N)/C(=N/N)N(C)c1c(OC)cccc1OC. The van der Waals surface area contributed by atoms with Crippen molar-refractivity contribution in [1.82, 2.24) is 5.32 Å². The smallest absolute Gasteiger partial charge is 0.177 e. The molecule has 0 radical (unpaired) electrons. The van der Waals surface area contributed by atoms with E-state index in [4.69, 9.17) is 20.7 Å². The van der Waals surface area contributed by atoms with E-state index in [9.17, 15) is 0 Å². The number of nitrogens with two attached hydrogens (primary N) is 1. The summed E-state index contributed by atoms with van der Waals surface area (Å²) in [7, 11) is 6.62. The van der Waals surface area contributed by atoms with Gasteiger partial charge in [-0.05, 0) is 24.4 Å². The van der Waals surface area contributed by atoms with Gasteiger partial charge in [-0.1, -0.05) is 6.07 Å². The van der Waals surface area contributed by atoms with Crippen LogP contribution in [-0.4, -0.2) is 39.9 Å². The van der Waals surface area contributed by atoms with E-state index in [1.54, 1.807) is 57.6 Å². The zero-order valence-electron chi connectivity index (χ0n) is 12.7. The van der Waals surface area contributed by atoms with E-state index in [-0.39, 0.29) is 11.5 Å². The van der Waals surface area contributed by atoms with Crippen molar-refractivity contribution in [3.63, 3.8) is 0 Å². The molecule has 0 spiro atoms. The van der Waals surface area contributed by atoms with Gasteiger partial charge < -0.3 is 25.5 Å². The molecule has 1 rings (SSSR count). The predicted octanol–water partition coefficient (Wildman–Crippen LogP) is 1.17. The molecule has 1 aromatic rings. The number of amidine groups is 1. The molecule has 0 bridgehead atoms. The van der Waals surface area contributed by atoms with Crippen molar-refractivity contribution in [2.45, 2.75) is 0 Å². The molecule has 0 amide bonds. The first-order chi connectivity index (χ1) is 10.1. The number of methoxy groups -OCH3 is 2. The highest BCUT2D eigenvalue weighted by molar-refractivity contribution is 6.48. The summed E-state index contributed by atoms with van der Waals surface area (Å²) in [5.74, 6) is 6.92. The van der Waals surface area contributed by atoms with Gasteiger partial charge in [-0.3, -0.25) is 5.41 Å². The number of nitrogens with zero attached hydrogens (tertiary/aromatic N) is 2. The van der Waals surface area contributed by atoms with Crippen LogP contribution >= 0.6 is 0 Å². The van der Waals surface area contributed by atoms with Crippen molar-refractivity contribution in [2.24, 2.45) is 10.9 Å². The molecular weight excluding hydrogens is 270 g/mol. The number of nitrogens with one attached hydrogen (secondary N) is 2. The first-order valence-electron chi connectivity index (χ1n) is 6.26. The molecule has 7 nitrogen and oxygen atoms in total. The van der Waals surface area contributed by atoms with Crippen LogP contribution in [0.5, 0.6) is 11.5 Å². The van der Waals surface area contributed by atoms with Crippen molar-refractivity contribution in [3.05, 3.63) is 30.5 Å². The van der Waals surface area contributed by atoms with Crippen LogP contribution in [0.1, 0.15) is 0 Å². The molecular formula is C14H21N5O2. The Kier molecular flexibility index (Phi) is 6.06. The molecule has 0 fully saturated rings. The lowest BCUT2D eigenvalue weighted by Crippen LogP contribution is -2.34. The number of hydrazone groups is 1. The Labute approximate surface area is 124 Å². The summed E-state index contributed by atoms with van der Waals surface area (Å²) in [6, 6.07) is 5.42. The summed E-state index contributed by atoms with van der Waals surface area (Å²) in [4.78, 5) is 1.65. The standard InChI is InChI=1S/C14H21N5O2/c1-17-9-8-10(15)14(18-16)19(2)13-11(20-3)6-5-7-12(13)21-4/h5-9,15,17H,16H2,1-4H3/b9-8-,15-10?,18-14-. The second-order valence-corrected chi connectivity index (χ2v) is 4.06. The minimum absolute atomic E-state index is 0.155. The van der Waals surface area contributed by atoms with Crippen molar-refractivity contribution >= 4 is 17.2 Å². The van der Waals surface area contributed by atoms with E-state index < -0.39 is 0 Å². The fourth-order valence-corrected chi connectivity index (χ4v) is 1.85.